The molecule has 2 N–H and O–H groups in total. The van der Waals surface area contributed by atoms with Gasteiger partial charge >= 0.3 is 0 Å². The number of imidazole rings is 1. The van der Waals surface area contributed by atoms with Crippen LogP contribution in [0.15, 0.2) is 43.0 Å². The van der Waals surface area contributed by atoms with Gasteiger partial charge in [0.1, 0.15) is 0 Å². The van der Waals surface area contributed by atoms with E-state index < -0.39 is 0 Å². The van der Waals surface area contributed by atoms with E-state index in [9.17, 15) is 0 Å². The van der Waals surface area contributed by atoms with Crippen LogP contribution in [0.4, 0.5) is 5.69 Å². The highest BCUT2D eigenvalue weighted by Crippen LogP contribution is 2.22. The first kappa shape index (κ1) is 8.81. The minimum absolute atomic E-state index is 0.235. The predicted octanol–water partition coefficient (Wildman–Crippen LogP) is 2.07. The summed E-state index contributed by atoms with van der Waals surface area (Å²) in [5.74, 6) is 0. The molecule has 0 saturated carbocycles. The molecule has 0 radical (unpaired) electrons. The maximum absolute atomic E-state index is 5.89. The second kappa shape index (κ2) is 3.54. The Bertz CT molecular complexity index is 406. The van der Waals surface area contributed by atoms with Crippen molar-refractivity contribution in [2.45, 2.75) is 13.0 Å². The summed E-state index contributed by atoms with van der Waals surface area (Å²) in [4.78, 5) is 4.02. The Morgan fingerprint density at radius 2 is 2.14 bits per heavy atom. The van der Waals surface area contributed by atoms with E-state index in [-0.39, 0.29) is 6.04 Å². The van der Waals surface area contributed by atoms with Gasteiger partial charge in [-0.25, -0.2) is 4.98 Å². The van der Waals surface area contributed by atoms with Gasteiger partial charge in [0, 0.05) is 18.1 Å². The zero-order valence-electron chi connectivity index (χ0n) is 8.09. The Morgan fingerprint density at radius 1 is 1.36 bits per heavy atom. The lowest BCUT2D eigenvalue weighted by atomic mass is 10.1. The largest absolute Gasteiger partial charge is 0.398 e. The fourth-order valence-electron chi connectivity index (χ4n) is 1.55. The predicted molar refractivity (Wildman–Crippen MR) is 56.9 cm³/mol. The Hall–Kier alpha value is -1.77. The number of hydrogen-bond acceptors (Lipinski definition) is 2. The molecule has 0 fully saturated rings. The molecule has 72 valence electrons. The normalized spacial score (nSPS) is 12.6. The first-order chi connectivity index (χ1) is 6.79. The summed E-state index contributed by atoms with van der Waals surface area (Å²) in [6.07, 6.45) is 5.52. The number of hydrogen-bond donors (Lipinski definition) is 1. The highest BCUT2D eigenvalue weighted by atomic mass is 15.0. The molecule has 3 nitrogen and oxygen atoms in total. The number of nitrogens with zero attached hydrogens (tertiary/aromatic N) is 2. The van der Waals surface area contributed by atoms with Crippen LogP contribution in [0.3, 0.4) is 0 Å². The number of benzene rings is 1. The van der Waals surface area contributed by atoms with Crippen molar-refractivity contribution in [3.8, 4) is 0 Å². The van der Waals surface area contributed by atoms with E-state index in [0.29, 0.717) is 0 Å². The van der Waals surface area contributed by atoms with Crippen molar-refractivity contribution in [3.63, 3.8) is 0 Å². The topological polar surface area (TPSA) is 43.8 Å². The van der Waals surface area contributed by atoms with Gasteiger partial charge in [-0.2, -0.15) is 0 Å². The standard InChI is InChI=1S/C11H13N3/c1-9(14-7-6-13-8-14)10-4-2-3-5-11(10)12/h2-9H,12H2,1H3. The van der Waals surface area contributed by atoms with Gasteiger partial charge in [-0.05, 0) is 18.6 Å². The van der Waals surface area contributed by atoms with Gasteiger partial charge in [0.05, 0.1) is 12.4 Å². The molecular weight excluding hydrogens is 174 g/mol. The van der Waals surface area contributed by atoms with E-state index in [4.69, 9.17) is 5.73 Å². The molecule has 1 heterocycles. The molecule has 3 heteroatoms. The highest BCUT2D eigenvalue weighted by Gasteiger charge is 2.08. The van der Waals surface area contributed by atoms with Crippen LogP contribution in [0.1, 0.15) is 18.5 Å². The molecule has 1 aromatic heterocycles. The third-order valence-corrected chi connectivity index (χ3v) is 2.42. The Balaban J connectivity index is 2.37. The number of aromatic nitrogens is 2. The summed E-state index contributed by atoms with van der Waals surface area (Å²) in [6, 6.07) is 8.14. The van der Waals surface area contributed by atoms with Crippen molar-refractivity contribution < 1.29 is 0 Å². The molecule has 2 rings (SSSR count). The molecule has 0 saturated heterocycles. The SMILES string of the molecule is CC(c1ccccc1N)n1ccnc1. The van der Waals surface area contributed by atoms with Crippen molar-refractivity contribution in [3.05, 3.63) is 48.5 Å². The minimum atomic E-state index is 0.235. The monoisotopic (exact) mass is 187 g/mol. The van der Waals surface area contributed by atoms with Gasteiger partial charge in [0.2, 0.25) is 0 Å². The van der Waals surface area contributed by atoms with Crippen molar-refractivity contribution >= 4 is 5.69 Å². The zero-order valence-corrected chi connectivity index (χ0v) is 8.09. The lowest BCUT2D eigenvalue weighted by Gasteiger charge is -2.15. The smallest absolute Gasteiger partial charge is 0.0951 e. The lowest BCUT2D eigenvalue weighted by Crippen LogP contribution is -2.06. The summed E-state index contributed by atoms with van der Waals surface area (Å²) < 4.78 is 2.03. The van der Waals surface area contributed by atoms with Gasteiger partial charge < -0.3 is 10.3 Å². The third-order valence-electron chi connectivity index (χ3n) is 2.42. The minimum Gasteiger partial charge on any atom is -0.398 e. The lowest BCUT2D eigenvalue weighted by molar-refractivity contribution is 0.640. The van der Waals surface area contributed by atoms with Crippen molar-refractivity contribution in [2.75, 3.05) is 5.73 Å². The molecule has 2 aromatic rings. The Morgan fingerprint density at radius 3 is 2.79 bits per heavy atom. The number of anilines is 1. The Kier molecular flexibility index (Phi) is 2.23. The van der Waals surface area contributed by atoms with Crippen molar-refractivity contribution in [1.82, 2.24) is 9.55 Å². The van der Waals surface area contributed by atoms with E-state index in [1.807, 2.05) is 35.0 Å². The second-order valence-corrected chi connectivity index (χ2v) is 3.31. The highest BCUT2D eigenvalue weighted by molar-refractivity contribution is 5.48. The zero-order chi connectivity index (χ0) is 9.97. The maximum atomic E-state index is 5.89. The summed E-state index contributed by atoms with van der Waals surface area (Å²) in [5, 5.41) is 0. The third kappa shape index (κ3) is 1.48. The quantitative estimate of drug-likeness (QED) is 0.731. The molecule has 0 spiro atoms. The molecule has 0 amide bonds. The number of rotatable bonds is 2. The average Bonchev–Trinajstić information content (AvgIpc) is 2.70. The molecule has 14 heavy (non-hydrogen) atoms. The van der Waals surface area contributed by atoms with Gasteiger partial charge in [-0.1, -0.05) is 18.2 Å². The van der Waals surface area contributed by atoms with E-state index in [1.165, 1.54) is 0 Å². The van der Waals surface area contributed by atoms with Crippen LogP contribution in [0.2, 0.25) is 0 Å². The molecule has 0 aliphatic heterocycles. The average molecular weight is 187 g/mol. The van der Waals surface area contributed by atoms with Gasteiger partial charge in [-0.3, -0.25) is 0 Å². The van der Waals surface area contributed by atoms with Crippen LogP contribution in [-0.2, 0) is 0 Å². The van der Waals surface area contributed by atoms with Crippen LogP contribution in [-0.4, -0.2) is 9.55 Å². The second-order valence-electron chi connectivity index (χ2n) is 3.31. The maximum Gasteiger partial charge on any atom is 0.0951 e. The van der Waals surface area contributed by atoms with Gasteiger partial charge in [0.25, 0.3) is 0 Å². The molecule has 0 bridgehead atoms. The molecule has 0 aliphatic carbocycles. The summed E-state index contributed by atoms with van der Waals surface area (Å²) in [5.41, 5.74) is 7.85. The number of nitrogen functional groups attached to an aromatic ring is 1. The van der Waals surface area contributed by atoms with Crippen LogP contribution in [0.25, 0.3) is 0 Å². The summed E-state index contributed by atoms with van der Waals surface area (Å²) >= 11 is 0. The fraction of sp³-hybridized carbons (Fsp3) is 0.182. The fourth-order valence-corrected chi connectivity index (χ4v) is 1.55. The van der Waals surface area contributed by atoms with Crippen molar-refractivity contribution in [2.24, 2.45) is 0 Å². The summed E-state index contributed by atoms with van der Waals surface area (Å²) in [7, 11) is 0. The van der Waals surface area contributed by atoms with Gasteiger partial charge in [-0.15, -0.1) is 0 Å². The van der Waals surface area contributed by atoms with Crippen LogP contribution in [0.5, 0.6) is 0 Å². The van der Waals surface area contributed by atoms with Gasteiger partial charge in [0.15, 0.2) is 0 Å². The molecule has 0 aliphatic rings. The number of nitrogens with two attached hydrogens (primary N) is 1. The Labute approximate surface area is 83.2 Å². The molecule has 1 aromatic carbocycles. The van der Waals surface area contributed by atoms with E-state index in [1.54, 1.807) is 12.5 Å². The molecule has 1 unspecified atom stereocenters. The first-order valence-corrected chi connectivity index (χ1v) is 4.61. The molecular formula is C11H13N3. The van der Waals surface area contributed by atoms with Crippen LogP contribution >= 0.6 is 0 Å². The summed E-state index contributed by atoms with van der Waals surface area (Å²) in [6.45, 7) is 2.10. The first-order valence-electron chi connectivity index (χ1n) is 4.61. The van der Waals surface area contributed by atoms with E-state index in [0.717, 1.165) is 11.3 Å². The van der Waals surface area contributed by atoms with Crippen LogP contribution in [0, 0.1) is 0 Å². The van der Waals surface area contributed by atoms with E-state index >= 15 is 0 Å². The number of para-hydroxylation sites is 1. The van der Waals surface area contributed by atoms with E-state index in [2.05, 4.69) is 11.9 Å². The van der Waals surface area contributed by atoms with Crippen molar-refractivity contribution in [1.29, 1.82) is 0 Å². The van der Waals surface area contributed by atoms with Crippen LogP contribution < -0.4 is 5.73 Å². The molecule has 1 atom stereocenters.